The highest BCUT2D eigenvalue weighted by Gasteiger charge is 2.24. The average Bonchev–Trinajstić information content (AvgIpc) is 2.56. The molecular formula is C17H25Cl2N3O. The number of amides is 1. The molecule has 0 bridgehead atoms. The average molecular weight is 358 g/mol. The number of nitrogens with zero attached hydrogens (tertiary/aromatic N) is 2. The number of piperazine rings is 1. The van der Waals surface area contributed by atoms with Crippen molar-refractivity contribution in [1.29, 1.82) is 0 Å². The van der Waals surface area contributed by atoms with E-state index >= 15 is 0 Å². The first-order valence-corrected chi connectivity index (χ1v) is 8.59. The molecule has 2 aliphatic rings. The van der Waals surface area contributed by atoms with E-state index in [9.17, 15) is 4.79 Å². The highest BCUT2D eigenvalue weighted by molar-refractivity contribution is 6.30. The lowest BCUT2D eigenvalue weighted by molar-refractivity contribution is -0.132. The first kappa shape index (κ1) is 18.4. The van der Waals surface area contributed by atoms with Crippen molar-refractivity contribution >= 4 is 35.6 Å². The van der Waals surface area contributed by atoms with Crippen molar-refractivity contribution in [3.05, 3.63) is 29.3 Å². The molecule has 0 aliphatic carbocycles. The standard InChI is InChI=1S/C17H24ClN3O.ClH/c18-15-2-1-3-16(13-15)20-8-10-21(11-9-20)17(22)12-14-4-6-19-7-5-14;/h1-3,13-14,19H,4-12H2;1H. The maximum absolute atomic E-state index is 12.4. The second-order valence-electron chi connectivity index (χ2n) is 6.25. The highest BCUT2D eigenvalue weighted by Crippen LogP contribution is 2.22. The minimum Gasteiger partial charge on any atom is -0.368 e. The molecule has 1 N–H and O–H groups in total. The molecular weight excluding hydrogens is 333 g/mol. The molecule has 2 fully saturated rings. The summed E-state index contributed by atoms with van der Waals surface area (Å²) in [5.41, 5.74) is 1.15. The Bertz CT molecular complexity index is 512. The molecule has 0 spiro atoms. The van der Waals surface area contributed by atoms with Crippen molar-refractivity contribution in [1.82, 2.24) is 10.2 Å². The lowest BCUT2D eigenvalue weighted by Crippen LogP contribution is -2.49. The van der Waals surface area contributed by atoms with Crippen LogP contribution in [0.25, 0.3) is 0 Å². The second-order valence-corrected chi connectivity index (χ2v) is 6.68. The van der Waals surface area contributed by atoms with Gasteiger partial charge < -0.3 is 15.1 Å². The van der Waals surface area contributed by atoms with Crippen molar-refractivity contribution in [3.63, 3.8) is 0 Å². The van der Waals surface area contributed by atoms with Gasteiger partial charge in [-0.3, -0.25) is 4.79 Å². The maximum atomic E-state index is 12.4. The molecule has 0 atom stereocenters. The molecule has 2 heterocycles. The van der Waals surface area contributed by atoms with E-state index < -0.39 is 0 Å². The topological polar surface area (TPSA) is 35.6 Å². The molecule has 3 rings (SSSR count). The molecule has 0 aromatic heterocycles. The fourth-order valence-corrected chi connectivity index (χ4v) is 3.53. The van der Waals surface area contributed by atoms with Gasteiger partial charge in [0.1, 0.15) is 0 Å². The van der Waals surface area contributed by atoms with Crippen molar-refractivity contribution in [3.8, 4) is 0 Å². The molecule has 4 nitrogen and oxygen atoms in total. The first-order valence-electron chi connectivity index (χ1n) is 8.21. The largest absolute Gasteiger partial charge is 0.368 e. The highest BCUT2D eigenvalue weighted by atomic mass is 35.5. The van der Waals surface area contributed by atoms with Gasteiger partial charge in [-0.25, -0.2) is 0 Å². The third kappa shape index (κ3) is 5.00. The SMILES string of the molecule is Cl.O=C(CC1CCNCC1)N1CCN(c2cccc(Cl)c2)CC1. The number of hydrogen-bond acceptors (Lipinski definition) is 3. The number of halogens is 2. The van der Waals surface area contributed by atoms with Crippen LogP contribution in [0.2, 0.25) is 5.02 Å². The van der Waals surface area contributed by atoms with Crippen molar-refractivity contribution in [2.45, 2.75) is 19.3 Å². The van der Waals surface area contributed by atoms with Crippen LogP contribution in [0, 0.1) is 5.92 Å². The van der Waals surface area contributed by atoms with Gasteiger partial charge in [0.2, 0.25) is 5.91 Å². The van der Waals surface area contributed by atoms with Gasteiger partial charge in [-0.15, -0.1) is 12.4 Å². The normalized spacial score (nSPS) is 19.3. The van der Waals surface area contributed by atoms with E-state index in [1.54, 1.807) is 0 Å². The minimum absolute atomic E-state index is 0. The molecule has 6 heteroatoms. The van der Waals surface area contributed by atoms with E-state index in [0.717, 1.165) is 69.2 Å². The van der Waals surface area contributed by atoms with E-state index in [1.165, 1.54) is 0 Å². The van der Waals surface area contributed by atoms with Crippen molar-refractivity contribution < 1.29 is 4.79 Å². The number of anilines is 1. The zero-order valence-corrected chi connectivity index (χ0v) is 14.9. The number of carbonyl (C=O) groups is 1. The number of benzene rings is 1. The van der Waals surface area contributed by atoms with E-state index in [1.807, 2.05) is 23.1 Å². The third-order valence-corrected chi connectivity index (χ3v) is 4.96. The van der Waals surface area contributed by atoms with Crippen LogP contribution >= 0.6 is 24.0 Å². The van der Waals surface area contributed by atoms with Gasteiger partial charge in [-0.2, -0.15) is 0 Å². The van der Waals surface area contributed by atoms with Crippen molar-refractivity contribution in [2.75, 3.05) is 44.2 Å². The molecule has 2 aliphatic heterocycles. The van der Waals surface area contributed by atoms with Crippen LogP contribution in [0.5, 0.6) is 0 Å². The van der Waals surface area contributed by atoms with Gasteiger partial charge in [0.25, 0.3) is 0 Å². The monoisotopic (exact) mass is 357 g/mol. The van der Waals surface area contributed by atoms with E-state index in [-0.39, 0.29) is 12.4 Å². The Morgan fingerprint density at radius 1 is 1.17 bits per heavy atom. The van der Waals surface area contributed by atoms with Crippen LogP contribution < -0.4 is 10.2 Å². The van der Waals surface area contributed by atoms with Gasteiger partial charge in [-0.1, -0.05) is 17.7 Å². The van der Waals surface area contributed by atoms with Crippen LogP contribution in [0.3, 0.4) is 0 Å². The smallest absolute Gasteiger partial charge is 0.222 e. The first-order chi connectivity index (χ1) is 10.7. The molecule has 1 amide bonds. The summed E-state index contributed by atoms with van der Waals surface area (Å²) in [5, 5.41) is 4.12. The summed E-state index contributed by atoms with van der Waals surface area (Å²) >= 11 is 6.06. The Balaban J connectivity index is 0.00000192. The number of piperidine rings is 1. The van der Waals surface area contributed by atoms with Crippen LogP contribution in [0.1, 0.15) is 19.3 Å². The van der Waals surface area contributed by atoms with Crippen LogP contribution in [-0.2, 0) is 4.79 Å². The van der Waals surface area contributed by atoms with Gasteiger partial charge >= 0.3 is 0 Å². The summed E-state index contributed by atoms with van der Waals surface area (Å²) in [4.78, 5) is 16.8. The quantitative estimate of drug-likeness (QED) is 0.903. The van der Waals surface area contributed by atoms with Gasteiger partial charge in [0.05, 0.1) is 0 Å². The minimum atomic E-state index is 0. The Morgan fingerprint density at radius 3 is 2.52 bits per heavy atom. The van der Waals surface area contributed by atoms with Gasteiger partial charge in [-0.05, 0) is 50.0 Å². The predicted molar refractivity (Wildman–Crippen MR) is 97.7 cm³/mol. The second kappa shape index (κ2) is 8.76. The number of hydrogen-bond donors (Lipinski definition) is 1. The Kier molecular flexibility index (Phi) is 7.00. The summed E-state index contributed by atoms with van der Waals surface area (Å²) in [6.07, 6.45) is 2.99. The summed E-state index contributed by atoms with van der Waals surface area (Å²) < 4.78 is 0. The molecule has 1 aromatic rings. The zero-order valence-electron chi connectivity index (χ0n) is 13.3. The maximum Gasteiger partial charge on any atom is 0.222 e. The Morgan fingerprint density at radius 2 is 1.87 bits per heavy atom. The number of carbonyl (C=O) groups excluding carboxylic acids is 1. The fraction of sp³-hybridized carbons (Fsp3) is 0.588. The molecule has 0 unspecified atom stereocenters. The van der Waals surface area contributed by atoms with E-state index in [0.29, 0.717) is 11.8 Å². The number of nitrogens with one attached hydrogen (secondary N) is 1. The Hall–Kier alpha value is -0.970. The van der Waals surface area contributed by atoms with E-state index in [4.69, 9.17) is 11.6 Å². The summed E-state index contributed by atoms with van der Waals surface area (Å²) in [6, 6.07) is 7.95. The summed E-state index contributed by atoms with van der Waals surface area (Å²) in [7, 11) is 0. The Labute approximate surface area is 149 Å². The van der Waals surface area contributed by atoms with Gasteiger partial charge in [0, 0.05) is 43.3 Å². The third-order valence-electron chi connectivity index (χ3n) is 4.73. The lowest BCUT2D eigenvalue weighted by Gasteiger charge is -2.37. The van der Waals surface area contributed by atoms with Crippen LogP contribution in [0.15, 0.2) is 24.3 Å². The zero-order chi connectivity index (χ0) is 15.4. The lowest BCUT2D eigenvalue weighted by atomic mass is 9.94. The molecule has 0 saturated carbocycles. The van der Waals surface area contributed by atoms with E-state index in [2.05, 4.69) is 16.3 Å². The molecule has 0 radical (unpaired) electrons. The van der Waals surface area contributed by atoms with Crippen LogP contribution in [0.4, 0.5) is 5.69 Å². The summed E-state index contributed by atoms with van der Waals surface area (Å²) in [5.74, 6) is 0.900. The van der Waals surface area contributed by atoms with Crippen LogP contribution in [-0.4, -0.2) is 50.1 Å². The molecule has 1 aromatic carbocycles. The molecule has 23 heavy (non-hydrogen) atoms. The number of rotatable bonds is 3. The summed E-state index contributed by atoms with van der Waals surface area (Å²) in [6.45, 7) is 5.52. The fourth-order valence-electron chi connectivity index (χ4n) is 3.35. The van der Waals surface area contributed by atoms with Gasteiger partial charge in [0.15, 0.2) is 0 Å². The molecule has 2 saturated heterocycles. The molecule has 128 valence electrons. The van der Waals surface area contributed by atoms with Crippen molar-refractivity contribution in [2.24, 2.45) is 5.92 Å². The predicted octanol–water partition coefficient (Wildman–Crippen LogP) is 2.80.